The van der Waals surface area contributed by atoms with E-state index in [1.807, 2.05) is 0 Å². The van der Waals surface area contributed by atoms with Gasteiger partial charge in [-0.05, 0) is 49.3 Å². The molecule has 0 saturated heterocycles. The molecule has 110 valence electrons. The third kappa shape index (κ3) is 6.19. The monoisotopic (exact) mass is 298 g/mol. The number of thioether (sulfide) groups is 1. The van der Waals surface area contributed by atoms with Crippen molar-refractivity contribution in [3.63, 3.8) is 0 Å². The van der Waals surface area contributed by atoms with Crippen molar-refractivity contribution in [1.29, 1.82) is 0 Å². The molecule has 20 heavy (non-hydrogen) atoms. The first-order chi connectivity index (χ1) is 9.50. The molecule has 0 radical (unpaired) electrons. The summed E-state index contributed by atoms with van der Waals surface area (Å²) in [5, 5.41) is 8.48. The Morgan fingerprint density at radius 1 is 1.25 bits per heavy atom. The molecule has 5 heteroatoms. The van der Waals surface area contributed by atoms with Crippen molar-refractivity contribution in [2.24, 2.45) is 0 Å². The van der Waals surface area contributed by atoms with Gasteiger partial charge in [-0.25, -0.2) is 4.39 Å². The third-order valence-corrected chi connectivity index (χ3v) is 3.94. The molecule has 0 aliphatic carbocycles. The summed E-state index contributed by atoms with van der Waals surface area (Å²) in [6.07, 6.45) is 2.66. The van der Waals surface area contributed by atoms with E-state index >= 15 is 0 Å². The minimum atomic E-state index is -0.764. The molecule has 0 atom stereocenters. The lowest BCUT2D eigenvalue weighted by molar-refractivity contribution is -0.137. The number of benzene rings is 1. The number of aryl methyl sites for hydroxylation is 1. The molecule has 1 rings (SSSR count). The largest absolute Gasteiger partial charge is 0.481 e. The number of ketones is 1. The highest BCUT2D eigenvalue weighted by Crippen LogP contribution is 2.14. The Morgan fingerprint density at radius 3 is 2.65 bits per heavy atom. The van der Waals surface area contributed by atoms with E-state index in [-0.39, 0.29) is 18.0 Å². The number of Topliss-reactive ketones (excluding diaryl/α,β-unsaturated/α-hetero) is 1. The Hall–Kier alpha value is -1.36. The Balaban J connectivity index is 2.20. The van der Waals surface area contributed by atoms with Crippen molar-refractivity contribution in [1.82, 2.24) is 0 Å². The number of rotatable bonds is 9. The van der Waals surface area contributed by atoms with Crippen LogP contribution in [0.5, 0.6) is 0 Å². The highest BCUT2D eigenvalue weighted by Gasteiger charge is 2.08. The normalized spacial score (nSPS) is 10.5. The van der Waals surface area contributed by atoms with E-state index in [2.05, 4.69) is 0 Å². The summed E-state index contributed by atoms with van der Waals surface area (Å²) in [4.78, 5) is 22.2. The van der Waals surface area contributed by atoms with Gasteiger partial charge in [-0.1, -0.05) is 6.42 Å². The average Bonchev–Trinajstić information content (AvgIpc) is 2.40. The van der Waals surface area contributed by atoms with E-state index < -0.39 is 5.97 Å². The number of carboxylic acid groups (broad SMARTS) is 1. The van der Waals surface area contributed by atoms with Crippen LogP contribution in [0, 0.1) is 12.7 Å². The maximum absolute atomic E-state index is 13.1. The summed E-state index contributed by atoms with van der Waals surface area (Å²) in [5.74, 6) is 0.158. The maximum Gasteiger partial charge on any atom is 0.303 e. The summed E-state index contributed by atoms with van der Waals surface area (Å²) in [7, 11) is 0. The molecule has 0 fully saturated rings. The van der Waals surface area contributed by atoms with Crippen molar-refractivity contribution >= 4 is 23.5 Å². The number of halogens is 1. The summed E-state index contributed by atoms with van der Waals surface area (Å²) < 4.78 is 13.1. The van der Waals surface area contributed by atoms with E-state index in [0.717, 1.165) is 18.6 Å². The first kappa shape index (κ1) is 16.7. The van der Waals surface area contributed by atoms with Gasteiger partial charge in [-0.15, -0.1) is 0 Å². The fourth-order valence-electron chi connectivity index (χ4n) is 1.72. The molecule has 1 N–H and O–H groups in total. The molecule has 3 nitrogen and oxygen atoms in total. The van der Waals surface area contributed by atoms with Crippen LogP contribution in [0.25, 0.3) is 0 Å². The lowest BCUT2D eigenvalue weighted by atomic mass is 10.1. The van der Waals surface area contributed by atoms with Crippen LogP contribution in [0.3, 0.4) is 0 Å². The van der Waals surface area contributed by atoms with Crippen molar-refractivity contribution in [2.45, 2.75) is 32.6 Å². The zero-order chi connectivity index (χ0) is 15.0. The number of carbonyl (C=O) groups excluding carboxylic acids is 1. The van der Waals surface area contributed by atoms with Gasteiger partial charge in [0.2, 0.25) is 0 Å². The number of carboxylic acids is 1. The van der Waals surface area contributed by atoms with Crippen LogP contribution in [-0.2, 0) is 4.79 Å². The third-order valence-electron chi connectivity index (χ3n) is 2.89. The smallest absolute Gasteiger partial charge is 0.303 e. The molecule has 0 spiro atoms. The van der Waals surface area contributed by atoms with Crippen molar-refractivity contribution in [3.8, 4) is 0 Å². The van der Waals surface area contributed by atoms with Gasteiger partial charge in [0.25, 0.3) is 0 Å². The van der Waals surface area contributed by atoms with Gasteiger partial charge < -0.3 is 5.11 Å². The molecule has 1 aromatic carbocycles. The van der Waals surface area contributed by atoms with Crippen molar-refractivity contribution in [2.75, 3.05) is 11.5 Å². The minimum absolute atomic E-state index is 0.00337. The summed E-state index contributed by atoms with van der Waals surface area (Å²) >= 11 is 1.53. The van der Waals surface area contributed by atoms with Crippen LogP contribution in [0.1, 0.15) is 41.6 Å². The molecular weight excluding hydrogens is 279 g/mol. The highest BCUT2D eigenvalue weighted by molar-refractivity contribution is 7.99. The number of aliphatic carboxylic acids is 1. The van der Waals surface area contributed by atoms with Crippen LogP contribution in [0.4, 0.5) is 4.39 Å². The Morgan fingerprint density at radius 2 is 2.00 bits per heavy atom. The van der Waals surface area contributed by atoms with Gasteiger partial charge in [-0.2, -0.15) is 11.8 Å². The number of unbranched alkanes of at least 4 members (excludes halogenated alkanes) is 2. The Bertz CT molecular complexity index is 474. The fourth-order valence-corrected chi connectivity index (χ4v) is 2.63. The summed E-state index contributed by atoms with van der Waals surface area (Å²) in [6, 6.07) is 4.41. The topological polar surface area (TPSA) is 54.4 Å². The Kier molecular flexibility index (Phi) is 7.30. The fraction of sp³-hybridized carbons (Fsp3) is 0.467. The zero-order valence-electron chi connectivity index (χ0n) is 11.5. The van der Waals surface area contributed by atoms with Crippen LogP contribution >= 0.6 is 11.8 Å². The first-order valence-electron chi connectivity index (χ1n) is 6.59. The van der Waals surface area contributed by atoms with Gasteiger partial charge in [0.1, 0.15) is 5.82 Å². The predicted octanol–water partition coefficient (Wildman–Crippen LogP) is 3.70. The molecule has 0 heterocycles. The van der Waals surface area contributed by atoms with Crippen LogP contribution in [0.15, 0.2) is 18.2 Å². The Labute approximate surface area is 122 Å². The summed E-state index contributed by atoms with van der Waals surface area (Å²) in [5.41, 5.74) is 1.02. The second-order valence-corrected chi connectivity index (χ2v) is 5.75. The molecule has 0 aromatic heterocycles. The second kappa shape index (κ2) is 8.74. The zero-order valence-corrected chi connectivity index (χ0v) is 12.3. The van der Waals surface area contributed by atoms with E-state index in [4.69, 9.17) is 5.11 Å². The number of hydrogen-bond acceptors (Lipinski definition) is 3. The van der Waals surface area contributed by atoms with Crippen LogP contribution < -0.4 is 0 Å². The SMILES string of the molecule is Cc1cc(C(=O)CSCCCCCC(=O)O)ccc1F. The van der Waals surface area contributed by atoms with Crippen LogP contribution in [0.2, 0.25) is 0 Å². The maximum atomic E-state index is 13.1. The van der Waals surface area contributed by atoms with Gasteiger partial charge in [-0.3, -0.25) is 9.59 Å². The molecule has 0 saturated carbocycles. The highest BCUT2D eigenvalue weighted by atomic mass is 32.2. The standard InChI is InChI=1S/C15H19FO3S/c1-11-9-12(6-7-13(11)16)14(17)10-20-8-4-2-3-5-15(18)19/h6-7,9H,2-5,8,10H2,1H3,(H,18,19). The quantitative estimate of drug-likeness (QED) is 0.558. The van der Waals surface area contributed by atoms with Crippen LogP contribution in [-0.4, -0.2) is 28.4 Å². The lowest BCUT2D eigenvalue weighted by Crippen LogP contribution is -2.04. The van der Waals surface area contributed by atoms with Gasteiger partial charge in [0.05, 0.1) is 5.75 Å². The van der Waals surface area contributed by atoms with Gasteiger partial charge in [0, 0.05) is 12.0 Å². The van der Waals surface area contributed by atoms with Crippen molar-refractivity contribution in [3.05, 3.63) is 35.1 Å². The molecule has 0 aliphatic rings. The first-order valence-corrected chi connectivity index (χ1v) is 7.75. The molecule has 0 unspecified atom stereocenters. The van der Waals surface area contributed by atoms with E-state index in [9.17, 15) is 14.0 Å². The van der Waals surface area contributed by atoms with E-state index in [1.54, 1.807) is 13.0 Å². The van der Waals surface area contributed by atoms with E-state index in [1.165, 1.54) is 23.9 Å². The number of hydrogen-bond donors (Lipinski definition) is 1. The molecule has 0 bridgehead atoms. The predicted molar refractivity (Wildman–Crippen MR) is 78.9 cm³/mol. The number of carbonyl (C=O) groups is 2. The lowest BCUT2D eigenvalue weighted by Gasteiger charge is -2.03. The molecular formula is C15H19FO3S. The minimum Gasteiger partial charge on any atom is -0.481 e. The van der Waals surface area contributed by atoms with Gasteiger partial charge in [0.15, 0.2) is 5.78 Å². The second-order valence-electron chi connectivity index (χ2n) is 4.64. The average molecular weight is 298 g/mol. The van der Waals surface area contributed by atoms with E-state index in [0.29, 0.717) is 23.3 Å². The summed E-state index contributed by atoms with van der Waals surface area (Å²) in [6.45, 7) is 1.64. The van der Waals surface area contributed by atoms with Gasteiger partial charge >= 0.3 is 5.97 Å². The molecule has 0 aliphatic heterocycles. The van der Waals surface area contributed by atoms with Crippen molar-refractivity contribution < 1.29 is 19.1 Å². The molecule has 1 aromatic rings. The molecule has 0 amide bonds.